The minimum absolute atomic E-state index is 0.0606. The molecule has 0 aliphatic heterocycles. The maximum absolute atomic E-state index is 10.3. The van der Waals surface area contributed by atoms with E-state index in [9.17, 15) is 10.2 Å². The molecule has 106 valence electrons. The highest BCUT2D eigenvalue weighted by Crippen LogP contribution is 2.41. The Labute approximate surface area is 123 Å². The first kappa shape index (κ1) is 13.3. The van der Waals surface area contributed by atoms with E-state index in [1.54, 1.807) is 18.2 Å². The molecular weight excluding hydrogens is 264 g/mol. The molecule has 3 aromatic carbocycles. The molecule has 0 radical (unpaired) electrons. The number of methoxy groups -OCH3 is 1. The van der Waals surface area contributed by atoms with Gasteiger partial charge < -0.3 is 14.9 Å². The molecule has 0 amide bonds. The molecule has 0 heterocycles. The van der Waals surface area contributed by atoms with Crippen LogP contribution in [0.5, 0.6) is 17.2 Å². The van der Waals surface area contributed by atoms with Crippen LogP contribution < -0.4 is 4.74 Å². The minimum atomic E-state index is 0.0606. The van der Waals surface area contributed by atoms with Gasteiger partial charge in [-0.1, -0.05) is 30.3 Å². The van der Waals surface area contributed by atoms with Gasteiger partial charge >= 0.3 is 0 Å². The van der Waals surface area contributed by atoms with E-state index in [-0.39, 0.29) is 11.5 Å². The third-order valence-electron chi connectivity index (χ3n) is 3.70. The zero-order valence-electron chi connectivity index (χ0n) is 11.9. The van der Waals surface area contributed by atoms with Crippen molar-refractivity contribution in [2.24, 2.45) is 0 Å². The van der Waals surface area contributed by atoms with E-state index in [0.29, 0.717) is 5.75 Å². The number of phenols is 2. The first-order valence-corrected chi connectivity index (χ1v) is 6.70. The van der Waals surface area contributed by atoms with Crippen LogP contribution in [0.25, 0.3) is 21.9 Å². The van der Waals surface area contributed by atoms with E-state index in [1.807, 2.05) is 37.3 Å². The summed E-state index contributed by atoms with van der Waals surface area (Å²) < 4.78 is 5.12. The number of rotatable bonds is 2. The van der Waals surface area contributed by atoms with Crippen LogP contribution in [0, 0.1) is 6.92 Å². The van der Waals surface area contributed by atoms with Crippen LogP contribution >= 0.6 is 0 Å². The lowest BCUT2D eigenvalue weighted by atomic mass is 9.94. The Hall–Kier alpha value is -2.68. The lowest BCUT2D eigenvalue weighted by molar-refractivity contribution is 0.373. The highest BCUT2D eigenvalue weighted by molar-refractivity contribution is 6.00. The third-order valence-corrected chi connectivity index (χ3v) is 3.70. The zero-order chi connectivity index (χ0) is 15.0. The molecule has 3 aromatic rings. The number of hydrogen-bond donors (Lipinski definition) is 2. The molecule has 3 nitrogen and oxygen atoms in total. The summed E-state index contributed by atoms with van der Waals surface area (Å²) in [4.78, 5) is 0. The van der Waals surface area contributed by atoms with Crippen molar-refractivity contribution < 1.29 is 14.9 Å². The Morgan fingerprint density at radius 1 is 0.905 bits per heavy atom. The minimum Gasteiger partial charge on any atom is -0.507 e. The number of aromatic hydroxyl groups is 2. The van der Waals surface area contributed by atoms with Crippen molar-refractivity contribution in [1.29, 1.82) is 0 Å². The molecule has 0 saturated carbocycles. The van der Waals surface area contributed by atoms with Gasteiger partial charge in [0.05, 0.1) is 7.11 Å². The summed E-state index contributed by atoms with van der Waals surface area (Å²) in [6.07, 6.45) is 0. The van der Waals surface area contributed by atoms with Crippen molar-refractivity contribution in [3.63, 3.8) is 0 Å². The summed E-state index contributed by atoms with van der Waals surface area (Å²) >= 11 is 0. The van der Waals surface area contributed by atoms with Crippen LogP contribution in [0.1, 0.15) is 5.56 Å². The van der Waals surface area contributed by atoms with E-state index in [0.717, 1.165) is 27.5 Å². The molecule has 0 aromatic heterocycles. The molecule has 0 saturated heterocycles. The number of fused-ring (bicyclic) bond motifs is 1. The maximum atomic E-state index is 10.3. The van der Waals surface area contributed by atoms with Gasteiger partial charge in [0.2, 0.25) is 0 Å². The van der Waals surface area contributed by atoms with Crippen molar-refractivity contribution in [1.82, 2.24) is 0 Å². The van der Waals surface area contributed by atoms with E-state index in [1.165, 1.54) is 7.11 Å². The van der Waals surface area contributed by atoms with Crippen LogP contribution in [0.3, 0.4) is 0 Å². The van der Waals surface area contributed by atoms with Crippen LogP contribution in [0.4, 0.5) is 0 Å². The standard InChI is InChI=1S/C18H16O3/c1-11-9-17(21-2)16(20)10-14(11)18-13-6-4-3-5-12(13)7-8-15(18)19/h3-10,19-20H,1-2H3. The van der Waals surface area contributed by atoms with Crippen molar-refractivity contribution in [3.05, 3.63) is 54.1 Å². The normalized spacial score (nSPS) is 10.8. The lowest BCUT2D eigenvalue weighted by Crippen LogP contribution is -1.90. The molecule has 0 atom stereocenters. The van der Waals surface area contributed by atoms with E-state index >= 15 is 0 Å². The second kappa shape index (κ2) is 5.02. The summed E-state index contributed by atoms with van der Waals surface area (Å²) in [5.74, 6) is 0.683. The van der Waals surface area contributed by atoms with Gasteiger partial charge in [-0.25, -0.2) is 0 Å². The summed E-state index contributed by atoms with van der Waals surface area (Å²) in [5, 5.41) is 22.3. The summed E-state index contributed by atoms with van der Waals surface area (Å²) in [6, 6.07) is 14.8. The van der Waals surface area contributed by atoms with E-state index in [4.69, 9.17) is 4.74 Å². The smallest absolute Gasteiger partial charge is 0.160 e. The molecule has 3 rings (SSSR count). The van der Waals surface area contributed by atoms with Gasteiger partial charge in [0.1, 0.15) is 5.75 Å². The highest BCUT2D eigenvalue weighted by Gasteiger charge is 2.14. The highest BCUT2D eigenvalue weighted by atomic mass is 16.5. The van der Waals surface area contributed by atoms with Crippen LogP contribution in [0.15, 0.2) is 48.5 Å². The van der Waals surface area contributed by atoms with Gasteiger partial charge in [-0.15, -0.1) is 0 Å². The summed E-state index contributed by atoms with van der Waals surface area (Å²) in [5.41, 5.74) is 2.45. The Balaban J connectivity index is 2.35. The first-order valence-electron chi connectivity index (χ1n) is 6.70. The molecule has 0 bridgehead atoms. The third kappa shape index (κ3) is 2.17. The summed E-state index contributed by atoms with van der Waals surface area (Å²) in [6.45, 7) is 1.93. The second-order valence-corrected chi connectivity index (χ2v) is 5.02. The zero-order valence-corrected chi connectivity index (χ0v) is 11.9. The van der Waals surface area contributed by atoms with Gasteiger partial charge in [-0.05, 0) is 47.0 Å². The van der Waals surface area contributed by atoms with E-state index < -0.39 is 0 Å². The largest absolute Gasteiger partial charge is 0.507 e. The van der Waals surface area contributed by atoms with Gasteiger partial charge in [-0.3, -0.25) is 0 Å². The second-order valence-electron chi connectivity index (χ2n) is 5.02. The predicted molar refractivity (Wildman–Crippen MR) is 84.0 cm³/mol. The Morgan fingerprint density at radius 3 is 2.43 bits per heavy atom. The molecule has 0 spiro atoms. The molecular formula is C18H16O3. The fraction of sp³-hybridized carbons (Fsp3) is 0.111. The average molecular weight is 280 g/mol. The molecule has 2 N–H and O–H groups in total. The van der Waals surface area contributed by atoms with Gasteiger partial charge in [0.25, 0.3) is 0 Å². The Bertz CT molecular complexity index is 822. The number of benzene rings is 3. The van der Waals surface area contributed by atoms with Crippen molar-refractivity contribution in [2.75, 3.05) is 7.11 Å². The number of phenolic OH excluding ortho intramolecular Hbond substituents is 2. The molecule has 3 heteroatoms. The first-order chi connectivity index (χ1) is 10.1. The number of ether oxygens (including phenoxy) is 1. The van der Waals surface area contributed by atoms with Gasteiger partial charge in [0, 0.05) is 5.56 Å². The van der Waals surface area contributed by atoms with Gasteiger partial charge in [0.15, 0.2) is 11.5 Å². The van der Waals surface area contributed by atoms with Crippen molar-refractivity contribution >= 4 is 10.8 Å². The van der Waals surface area contributed by atoms with Crippen molar-refractivity contribution in [3.8, 4) is 28.4 Å². The molecule has 0 unspecified atom stereocenters. The van der Waals surface area contributed by atoms with Crippen LogP contribution in [-0.2, 0) is 0 Å². The number of hydrogen-bond acceptors (Lipinski definition) is 3. The van der Waals surface area contributed by atoms with Crippen LogP contribution in [0.2, 0.25) is 0 Å². The maximum Gasteiger partial charge on any atom is 0.160 e. The fourth-order valence-corrected chi connectivity index (χ4v) is 2.65. The average Bonchev–Trinajstić information content (AvgIpc) is 2.49. The van der Waals surface area contributed by atoms with Crippen LogP contribution in [-0.4, -0.2) is 17.3 Å². The topological polar surface area (TPSA) is 49.7 Å². The molecule has 0 aliphatic carbocycles. The van der Waals surface area contributed by atoms with E-state index in [2.05, 4.69) is 0 Å². The predicted octanol–water partition coefficient (Wildman–Crippen LogP) is 4.24. The van der Waals surface area contributed by atoms with Gasteiger partial charge in [-0.2, -0.15) is 0 Å². The number of aryl methyl sites for hydroxylation is 1. The Kier molecular flexibility index (Phi) is 3.18. The van der Waals surface area contributed by atoms with Crippen molar-refractivity contribution in [2.45, 2.75) is 6.92 Å². The fourth-order valence-electron chi connectivity index (χ4n) is 2.65. The molecule has 0 fully saturated rings. The Morgan fingerprint density at radius 2 is 1.67 bits per heavy atom. The quantitative estimate of drug-likeness (QED) is 0.738. The molecule has 0 aliphatic rings. The lowest BCUT2D eigenvalue weighted by Gasteiger charge is -2.14. The molecule has 21 heavy (non-hydrogen) atoms. The monoisotopic (exact) mass is 280 g/mol. The summed E-state index contributed by atoms with van der Waals surface area (Å²) in [7, 11) is 1.52. The SMILES string of the molecule is COc1cc(C)c(-c2c(O)ccc3ccccc23)cc1O.